The third-order valence-electron chi connectivity index (χ3n) is 2.34. The van der Waals surface area contributed by atoms with Crippen LogP contribution >= 0.6 is 11.8 Å². The molecule has 0 amide bonds. The van der Waals surface area contributed by atoms with Gasteiger partial charge in [-0.05, 0) is 30.2 Å². The van der Waals surface area contributed by atoms with Crippen LogP contribution in [-0.4, -0.2) is 23.8 Å². The van der Waals surface area contributed by atoms with Crippen molar-refractivity contribution in [2.75, 3.05) is 12.9 Å². The van der Waals surface area contributed by atoms with Gasteiger partial charge in [0.15, 0.2) is 0 Å². The molecule has 0 aromatic carbocycles. The number of hydrogen-bond acceptors (Lipinski definition) is 4. The first-order chi connectivity index (χ1) is 8.13. The van der Waals surface area contributed by atoms with Crippen LogP contribution in [0.15, 0.2) is 18.3 Å². The molecule has 0 fully saturated rings. The SMILES string of the molecule is COC(=O)c1ccc(CSCCC(C)C)nc1. The van der Waals surface area contributed by atoms with Crippen LogP contribution in [0, 0.1) is 5.92 Å². The van der Waals surface area contributed by atoms with Gasteiger partial charge in [-0.3, -0.25) is 4.98 Å². The Morgan fingerprint density at radius 2 is 2.24 bits per heavy atom. The number of rotatable bonds is 6. The minimum atomic E-state index is -0.337. The van der Waals surface area contributed by atoms with E-state index in [9.17, 15) is 4.79 Å². The van der Waals surface area contributed by atoms with Crippen molar-refractivity contribution in [2.45, 2.75) is 26.0 Å². The lowest BCUT2D eigenvalue weighted by Gasteiger charge is -2.04. The van der Waals surface area contributed by atoms with E-state index in [1.54, 1.807) is 12.3 Å². The topological polar surface area (TPSA) is 39.2 Å². The van der Waals surface area contributed by atoms with Crippen molar-refractivity contribution in [3.8, 4) is 0 Å². The van der Waals surface area contributed by atoms with Gasteiger partial charge in [-0.25, -0.2) is 4.79 Å². The van der Waals surface area contributed by atoms with Crippen LogP contribution in [0.25, 0.3) is 0 Å². The third kappa shape index (κ3) is 5.22. The molecule has 0 bridgehead atoms. The molecule has 0 N–H and O–H groups in total. The molecule has 0 aliphatic rings. The Morgan fingerprint density at radius 3 is 2.76 bits per heavy atom. The molecular weight excluding hydrogens is 234 g/mol. The lowest BCUT2D eigenvalue weighted by atomic mass is 10.2. The minimum Gasteiger partial charge on any atom is -0.465 e. The average molecular weight is 253 g/mol. The van der Waals surface area contributed by atoms with E-state index in [-0.39, 0.29) is 5.97 Å². The van der Waals surface area contributed by atoms with Crippen molar-refractivity contribution in [1.82, 2.24) is 4.98 Å². The number of esters is 1. The summed E-state index contributed by atoms with van der Waals surface area (Å²) in [5, 5.41) is 0. The molecule has 0 unspecified atom stereocenters. The molecule has 94 valence electrons. The largest absolute Gasteiger partial charge is 0.465 e. The number of aromatic nitrogens is 1. The number of thioether (sulfide) groups is 1. The Labute approximate surface area is 107 Å². The monoisotopic (exact) mass is 253 g/mol. The summed E-state index contributed by atoms with van der Waals surface area (Å²) in [5.74, 6) is 2.46. The maximum Gasteiger partial charge on any atom is 0.339 e. The smallest absolute Gasteiger partial charge is 0.339 e. The van der Waals surface area contributed by atoms with E-state index in [4.69, 9.17) is 0 Å². The number of pyridine rings is 1. The zero-order valence-electron chi connectivity index (χ0n) is 10.6. The van der Waals surface area contributed by atoms with Gasteiger partial charge in [-0.2, -0.15) is 11.8 Å². The molecule has 0 spiro atoms. The number of nitrogens with zero attached hydrogens (tertiary/aromatic N) is 1. The molecule has 3 nitrogen and oxygen atoms in total. The number of ether oxygens (including phenoxy) is 1. The van der Waals surface area contributed by atoms with Crippen LogP contribution < -0.4 is 0 Å². The zero-order valence-corrected chi connectivity index (χ0v) is 11.4. The highest BCUT2D eigenvalue weighted by Crippen LogP contribution is 2.14. The van der Waals surface area contributed by atoms with Crippen LogP contribution in [0.1, 0.15) is 36.3 Å². The highest BCUT2D eigenvalue weighted by molar-refractivity contribution is 7.98. The Morgan fingerprint density at radius 1 is 1.47 bits per heavy atom. The van der Waals surface area contributed by atoms with Crippen LogP contribution in [0.5, 0.6) is 0 Å². The van der Waals surface area contributed by atoms with Crippen LogP contribution in [0.3, 0.4) is 0 Å². The number of carbonyl (C=O) groups is 1. The molecule has 1 aromatic heterocycles. The summed E-state index contributed by atoms with van der Waals surface area (Å²) in [5.41, 5.74) is 1.51. The summed E-state index contributed by atoms with van der Waals surface area (Å²) in [6.45, 7) is 4.45. The van der Waals surface area contributed by atoms with E-state index < -0.39 is 0 Å². The first-order valence-corrected chi connectivity index (χ1v) is 6.90. The Bertz CT molecular complexity index is 349. The summed E-state index contributed by atoms with van der Waals surface area (Å²) >= 11 is 1.88. The zero-order chi connectivity index (χ0) is 12.7. The van der Waals surface area contributed by atoms with Gasteiger partial charge < -0.3 is 4.74 Å². The normalized spacial score (nSPS) is 10.6. The molecule has 4 heteroatoms. The first-order valence-electron chi connectivity index (χ1n) is 5.74. The Hall–Kier alpha value is -1.03. The standard InChI is InChI=1S/C13H19NO2S/c1-10(2)6-7-17-9-12-5-4-11(8-14-12)13(15)16-3/h4-5,8,10H,6-7,9H2,1-3H3. The lowest BCUT2D eigenvalue weighted by Crippen LogP contribution is -2.02. The number of carbonyl (C=O) groups excluding carboxylic acids is 1. The number of methoxy groups -OCH3 is 1. The molecule has 1 rings (SSSR count). The molecule has 0 atom stereocenters. The van der Waals surface area contributed by atoms with Crippen LogP contribution in [0.4, 0.5) is 0 Å². The fourth-order valence-corrected chi connectivity index (χ4v) is 2.41. The first kappa shape index (κ1) is 14.0. The van der Waals surface area contributed by atoms with E-state index in [1.165, 1.54) is 13.5 Å². The molecule has 0 aliphatic carbocycles. The van der Waals surface area contributed by atoms with Gasteiger partial charge in [0.1, 0.15) is 0 Å². The van der Waals surface area contributed by atoms with Crippen molar-refractivity contribution in [1.29, 1.82) is 0 Å². The van der Waals surface area contributed by atoms with E-state index >= 15 is 0 Å². The third-order valence-corrected chi connectivity index (χ3v) is 3.36. The number of hydrogen-bond donors (Lipinski definition) is 0. The van der Waals surface area contributed by atoms with Gasteiger partial charge in [-0.15, -0.1) is 0 Å². The Kier molecular flexibility index (Phi) is 6.05. The van der Waals surface area contributed by atoms with Crippen molar-refractivity contribution in [2.24, 2.45) is 5.92 Å². The second kappa shape index (κ2) is 7.33. The van der Waals surface area contributed by atoms with Crippen molar-refractivity contribution < 1.29 is 9.53 Å². The minimum absolute atomic E-state index is 0.337. The molecule has 1 aromatic rings. The maximum atomic E-state index is 11.2. The molecular formula is C13H19NO2S. The van der Waals surface area contributed by atoms with E-state index in [0.29, 0.717) is 5.56 Å². The highest BCUT2D eigenvalue weighted by atomic mass is 32.2. The van der Waals surface area contributed by atoms with Gasteiger partial charge in [0, 0.05) is 11.9 Å². The van der Waals surface area contributed by atoms with Crippen molar-refractivity contribution >= 4 is 17.7 Å². The molecule has 0 saturated carbocycles. The quantitative estimate of drug-likeness (QED) is 0.576. The van der Waals surface area contributed by atoms with Crippen LogP contribution in [0.2, 0.25) is 0 Å². The second-order valence-corrected chi connectivity index (χ2v) is 5.37. The molecule has 1 heterocycles. The fraction of sp³-hybridized carbons (Fsp3) is 0.538. The van der Waals surface area contributed by atoms with Gasteiger partial charge in [0.2, 0.25) is 0 Å². The van der Waals surface area contributed by atoms with Crippen molar-refractivity contribution in [3.05, 3.63) is 29.6 Å². The summed E-state index contributed by atoms with van der Waals surface area (Å²) in [6, 6.07) is 3.64. The van der Waals surface area contributed by atoms with Gasteiger partial charge >= 0.3 is 5.97 Å². The Balaban J connectivity index is 2.38. The maximum absolute atomic E-state index is 11.2. The van der Waals surface area contributed by atoms with E-state index in [0.717, 1.165) is 23.1 Å². The highest BCUT2D eigenvalue weighted by Gasteiger charge is 2.05. The predicted molar refractivity (Wildman–Crippen MR) is 71.2 cm³/mol. The molecule has 0 radical (unpaired) electrons. The van der Waals surface area contributed by atoms with Gasteiger partial charge in [-0.1, -0.05) is 13.8 Å². The fourth-order valence-electron chi connectivity index (χ4n) is 1.24. The van der Waals surface area contributed by atoms with Crippen LogP contribution in [-0.2, 0) is 10.5 Å². The summed E-state index contributed by atoms with van der Waals surface area (Å²) in [6.07, 6.45) is 2.80. The summed E-state index contributed by atoms with van der Waals surface area (Å²) in [4.78, 5) is 15.4. The van der Waals surface area contributed by atoms with E-state index in [2.05, 4.69) is 23.6 Å². The predicted octanol–water partition coefficient (Wildman–Crippen LogP) is 3.15. The van der Waals surface area contributed by atoms with E-state index in [1.807, 2.05) is 17.8 Å². The summed E-state index contributed by atoms with van der Waals surface area (Å²) in [7, 11) is 1.37. The van der Waals surface area contributed by atoms with Gasteiger partial charge in [0.25, 0.3) is 0 Å². The molecule has 0 aliphatic heterocycles. The molecule has 0 saturated heterocycles. The second-order valence-electron chi connectivity index (χ2n) is 4.26. The molecule has 17 heavy (non-hydrogen) atoms. The summed E-state index contributed by atoms with van der Waals surface area (Å²) < 4.78 is 4.62. The average Bonchev–Trinajstić information content (AvgIpc) is 2.34. The van der Waals surface area contributed by atoms with Gasteiger partial charge in [0.05, 0.1) is 18.4 Å². The lowest BCUT2D eigenvalue weighted by molar-refractivity contribution is 0.0600. The van der Waals surface area contributed by atoms with Crippen molar-refractivity contribution in [3.63, 3.8) is 0 Å².